The Bertz CT molecular complexity index is 480. The lowest BCUT2D eigenvalue weighted by Crippen LogP contribution is -2.45. The third-order valence-corrected chi connectivity index (χ3v) is 2.80. The zero-order valence-electron chi connectivity index (χ0n) is 12.3. The second kappa shape index (κ2) is 6.40. The van der Waals surface area contributed by atoms with Crippen LogP contribution in [0, 0.1) is 0 Å². The lowest BCUT2D eigenvalue weighted by Gasteiger charge is -2.25. The van der Waals surface area contributed by atoms with Crippen LogP contribution in [0.4, 0.5) is 10.5 Å². The van der Waals surface area contributed by atoms with Crippen molar-refractivity contribution in [3.63, 3.8) is 0 Å². The number of anilines is 1. The van der Waals surface area contributed by atoms with Crippen molar-refractivity contribution in [2.45, 2.75) is 52.1 Å². The van der Waals surface area contributed by atoms with Gasteiger partial charge in [0.25, 0.3) is 0 Å². The summed E-state index contributed by atoms with van der Waals surface area (Å²) in [7, 11) is 0. The summed E-state index contributed by atoms with van der Waals surface area (Å²) in [5.41, 5.74) is 0.0153. The molecule has 112 valence electrons. The van der Waals surface area contributed by atoms with Crippen molar-refractivity contribution in [2.24, 2.45) is 0 Å². The number of carboxylic acids is 1. The molecule has 0 saturated heterocycles. The molecule has 0 aliphatic heterocycles. The van der Waals surface area contributed by atoms with E-state index in [1.807, 2.05) is 13.8 Å². The fourth-order valence-corrected chi connectivity index (χ4v) is 1.64. The molecule has 0 aromatic carbocycles. The van der Waals surface area contributed by atoms with Gasteiger partial charge >= 0.3 is 12.0 Å². The van der Waals surface area contributed by atoms with Gasteiger partial charge in [-0.1, -0.05) is 0 Å². The first-order valence-electron chi connectivity index (χ1n) is 6.55. The van der Waals surface area contributed by atoms with Crippen molar-refractivity contribution in [1.29, 1.82) is 0 Å². The fraction of sp³-hybridized carbons (Fsp3) is 0.615. The van der Waals surface area contributed by atoms with Crippen LogP contribution in [0.1, 0.15) is 46.6 Å². The summed E-state index contributed by atoms with van der Waals surface area (Å²) in [5, 5.41) is 18.2. The first kappa shape index (κ1) is 16.0. The first-order valence-corrected chi connectivity index (χ1v) is 6.55. The van der Waals surface area contributed by atoms with Gasteiger partial charge in [0.15, 0.2) is 0 Å². The van der Waals surface area contributed by atoms with Crippen molar-refractivity contribution in [2.75, 3.05) is 5.32 Å². The third kappa shape index (κ3) is 5.29. The maximum atomic E-state index is 11.8. The van der Waals surface area contributed by atoms with E-state index in [4.69, 9.17) is 5.11 Å². The average molecular weight is 282 g/mol. The topological polar surface area (TPSA) is 96.2 Å². The Morgan fingerprint density at radius 2 is 2.10 bits per heavy atom. The molecule has 0 unspecified atom stereocenters. The van der Waals surface area contributed by atoms with E-state index in [1.54, 1.807) is 30.9 Å². The minimum absolute atomic E-state index is 0.0125. The molecular formula is C13H22N4O3. The number of hydrogen-bond donors (Lipinski definition) is 3. The summed E-state index contributed by atoms with van der Waals surface area (Å²) in [6.07, 6.45) is 3.69. The highest BCUT2D eigenvalue weighted by Gasteiger charge is 2.21. The number of hydrogen-bond acceptors (Lipinski definition) is 3. The maximum absolute atomic E-state index is 11.8. The van der Waals surface area contributed by atoms with Crippen molar-refractivity contribution >= 4 is 17.7 Å². The van der Waals surface area contributed by atoms with E-state index in [0.717, 1.165) is 0 Å². The number of rotatable bonds is 6. The number of aliphatic carboxylic acids is 1. The molecule has 1 aromatic heterocycles. The Morgan fingerprint density at radius 1 is 1.45 bits per heavy atom. The summed E-state index contributed by atoms with van der Waals surface area (Å²) < 4.78 is 1.74. The third-order valence-electron chi connectivity index (χ3n) is 2.80. The van der Waals surface area contributed by atoms with Gasteiger partial charge in [-0.2, -0.15) is 5.10 Å². The standard InChI is InChI=1S/C13H22N4O3/c1-9(2)17-8-10(7-14-17)15-12(20)16-13(3,4)6-5-11(18)19/h7-9H,5-6H2,1-4H3,(H,18,19)(H2,15,16,20). The van der Waals surface area contributed by atoms with Crippen LogP contribution >= 0.6 is 0 Å². The van der Waals surface area contributed by atoms with Crippen LogP contribution in [-0.4, -0.2) is 32.4 Å². The monoisotopic (exact) mass is 282 g/mol. The van der Waals surface area contributed by atoms with Crippen LogP contribution in [0.5, 0.6) is 0 Å². The highest BCUT2D eigenvalue weighted by molar-refractivity contribution is 5.89. The van der Waals surface area contributed by atoms with Gasteiger partial charge in [0, 0.05) is 24.2 Å². The predicted octanol–water partition coefficient (Wildman–Crippen LogP) is 2.23. The molecule has 1 heterocycles. The minimum Gasteiger partial charge on any atom is -0.481 e. The summed E-state index contributed by atoms with van der Waals surface area (Å²) in [4.78, 5) is 22.4. The highest BCUT2D eigenvalue weighted by Crippen LogP contribution is 2.13. The van der Waals surface area contributed by atoms with Crippen molar-refractivity contribution < 1.29 is 14.7 Å². The molecule has 0 atom stereocenters. The Labute approximate surface area is 118 Å². The summed E-state index contributed by atoms with van der Waals surface area (Å²) in [6, 6.07) is -0.149. The molecule has 7 heteroatoms. The number of nitrogens with zero attached hydrogens (tertiary/aromatic N) is 2. The molecular weight excluding hydrogens is 260 g/mol. The Hall–Kier alpha value is -2.05. The van der Waals surface area contributed by atoms with E-state index >= 15 is 0 Å². The molecule has 0 aliphatic carbocycles. The number of aromatic nitrogens is 2. The van der Waals surface area contributed by atoms with Crippen LogP contribution in [0.3, 0.4) is 0 Å². The number of amides is 2. The van der Waals surface area contributed by atoms with Gasteiger partial charge in [-0.25, -0.2) is 4.79 Å². The van der Waals surface area contributed by atoms with Crippen molar-refractivity contribution in [3.05, 3.63) is 12.4 Å². The van der Waals surface area contributed by atoms with Crippen LogP contribution < -0.4 is 10.6 Å². The molecule has 0 radical (unpaired) electrons. The average Bonchev–Trinajstić information content (AvgIpc) is 2.74. The molecule has 0 spiro atoms. The van der Waals surface area contributed by atoms with Gasteiger partial charge in [0.1, 0.15) is 0 Å². The predicted molar refractivity (Wildman–Crippen MR) is 75.7 cm³/mol. The number of carbonyl (C=O) groups is 2. The normalized spacial score (nSPS) is 11.4. The van der Waals surface area contributed by atoms with Gasteiger partial charge < -0.3 is 15.7 Å². The van der Waals surface area contributed by atoms with Crippen LogP contribution in [0.25, 0.3) is 0 Å². The quantitative estimate of drug-likeness (QED) is 0.745. The molecule has 20 heavy (non-hydrogen) atoms. The smallest absolute Gasteiger partial charge is 0.319 e. The lowest BCUT2D eigenvalue weighted by atomic mass is 9.99. The second-order valence-electron chi connectivity index (χ2n) is 5.66. The van der Waals surface area contributed by atoms with Gasteiger partial charge in [0.05, 0.1) is 11.9 Å². The van der Waals surface area contributed by atoms with Gasteiger partial charge in [-0.15, -0.1) is 0 Å². The van der Waals surface area contributed by atoms with Crippen molar-refractivity contribution in [1.82, 2.24) is 15.1 Å². The highest BCUT2D eigenvalue weighted by atomic mass is 16.4. The zero-order chi connectivity index (χ0) is 15.3. The molecule has 0 aliphatic rings. The van der Waals surface area contributed by atoms with E-state index in [2.05, 4.69) is 15.7 Å². The summed E-state index contributed by atoms with van der Waals surface area (Å²) in [6.45, 7) is 7.55. The van der Waals surface area contributed by atoms with E-state index in [9.17, 15) is 9.59 Å². The van der Waals surface area contributed by atoms with Crippen LogP contribution in [0.2, 0.25) is 0 Å². The van der Waals surface area contributed by atoms with Crippen molar-refractivity contribution in [3.8, 4) is 0 Å². The van der Waals surface area contributed by atoms with Crippen LogP contribution in [0.15, 0.2) is 12.4 Å². The molecule has 7 nitrogen and oxygen atoms in total. The second-order valence-corrected chi connectivity index (χ2v) is 5.66. The SMILES string of the molecule is CC(C)n1cc(NC(=O)NC(C)(C)CCC(=O)O)cn1. The maximum Gasteiger partial charge on any atom is 0.319 e. The van der Waals surface area contributed by atoms with Gasteiger partial charge in [-0.3, -0.25) is 9.48 Å². The summed E-state index contributed by atoms with van der Waals surface area (Å²) in [5.74, 6) is -0.876. The Morgan fingerprint density at radius 3 is 2.60 bits per heavy atom. The lowest BCUT2D eigenvalue weighted by molar-refractivity contribution is -0.137. The molecule has 1 aromatic rings. The molecule has 3 N–H and O–H groups in total. The van der Waals surface area contributed by atoms with Gasteiger partial charge in [0.2, 0.25) is 0 Å². The van der Waals surface area contributed by atoms with E-state index in [-0.39, 0.29) is 18.5 Å². The van der Waals surface area contributed by atoms with E-state index in [1.165, 1.54) is 0 Å². The number of carbonyl (C=O) groups excluding carboxylic acids is 1. The minimum atomic E-state index is -0.876. The first-order chi connectivity index (χ1) is 9.19. The molecule has 2 amide bonds. The zero-order valence-corrected chi connectivity index (χ0v) is 12.3. The Balaban J connectivity index is 2.51. The number of nitrogens with one attached hydrogen (secondary N) is 2. The molecule has 1 rings (SSSR count). The van der Waals surface area contributed by atoms with Crippen LogP contribution in [-0.2, 0) is 4.79 Å². The number of urea groups is 1. The van der Waals surface area contributed by atoms with E-state index in [0.29, 0.717) is 12.1 Å². The van der Waals surface area contributed by atoms with Gasteiger partial charge in [-0.05, 0) is 34.1 Å². The van der Waals surface area contributed by atoms with E-state index < -0.39 is 11.5 Å². The number of carboxylic acid groups (broad SMARTS) is 1. The Kier molecular flexibility index (Phi) is 5.12. The summed E-state index contributed by atoms with van der Waals surface area (Å²) >= 11 is 0. The molecule has 0 fully saturated rings. The molecule has 0 bridgehead atoms. The molecule has 0 saturated carbocycles. The fourth-order valence-electron chi connectivity index (χ4n) is 1.64. The largest absolute Gasteiger partial charge is 0.481 e.